The van der Waals surface area contributed by atoms with E-state index in [0.29, 0.717) is 12.0 Å². The fourth-order valence-corrected chi connectivity index (χ4v) is 5.38. The zero-order valence-corrected chi connectivity index (χ0v) is 20.5. The van der Waals surface area contributed by atoms with Crippen molar-refractivity contribution in [2.24, 2.45) is 0 Å². The van der Waals surface area contributed by atoms with Gasteiger partial charge in [0.25, 0.3) is 15.9 Å². The van der Waals surface area contributed by atoms with Crippen molar-refractivity contribution in [3.05, 3.63) is 64.7 Å². The first-order valence-corrected chi connectivity index (χ1v) is 13.3. The van der Waals surface area contributed by atoms with E-state index in [4.69, 9.17) is 0 Å². The van der Waals surface area contributed by atoms with Gasteiger partial charge < -0.3 is 10.6 Å². The van der Waals surface area contributed by atoms with Crippen molar-refractivity contribution >= 4 is 28.0 Å². The molecule has 2 aliphatic rings. The van der Waals surface area contributed by atoms with Crippen LogP contribution in [0.5, 0.6) is 0 Å². The van der Waals surface area contributed by atoms with Gasteiger partial charge in [0.15, 0.2) is 0 Å². The Bertz CT molecular complexity index is 1220. The van der Waals surface area contributed by atoms with Gasteiger partial charge in [-0.05, 0) is 55.5 Å². The first-order valence-electron chi connectivity index (χ1n) is 11.8. The second-order valence-corrected chi connectivity index (χ2v) is 10.8. The first-order chi connectivity index (χ1) is 16.7. The molecule has 0 atom stereocenters. The molecule has 1 aliphatic heterocycles. The van der Waals surface area contributed by atoms with E-state index in [2.05, 4.69) is 15.4 Å². The summed E-state index contributed by atoms with van der Waals surface area (Å²) in [6.45, 7) is 2.43. The maximum Gasteiger partial charge on any atom is 0.328 e. The molecule has 9 nitrogen and oxygen atoms in total. The van der Waals surface area contributed by atoms with Crippen LogP contribution in [-0.4, -0.2) is 43.9 Å². The van der Waals surface area contributed by atoms with Gasteiger partial charge in [0.05, 0.1) is 11.4 Å². The van der Waals surface area contributed by atoms with Crippen molar-refractivity contribution in [2.45, 2.75) is 62.9 Å². The maximum atomic E-state index is 12.5. The molecule has 1 heterocycles. The summed E-state index contributed by atoms with van der Waals surface area (Å²) in [5.74, 6) is -0.309. The number of aryl methyl sites for hydroxylation is 1. The predicted octanol–water partition coefficient (Wildman–Crippen LogP) is 3.22. The Balaban J connectivity index is 1.25. The van der Waals surface area contributed by atoms with E-state index in [0.717, 1.165) is 48.8 Å². The van der Waals surface area contributed by atoms with Crippen molar-refractivity contribution in [3.8, 4) is 0 Å². The van der Waals surface area contributed by atoms with E-state index >= 15 is 0 Å². The van der Waals surface area contributed by atoms with Crippen LogP contribution >= 0.6 is 0 Å². The summed E-state index contributed by atoms with van der Waals surface area (Å²) in [4.78, 5) is 38.3. The van der Waals surface area contributed by atoms with Crippen molar-refractivity contribution < 1.29 is 22.8 Å². The molecule has 0 bridgehead atoms. The minimum Gasteiger partial charge on any atom is -0.337 e. The molecular weight excluding hydrogens is 468 g/mol. The summed E-state index contributed by atoms with van der Waals surface area (Å²) in [5.41, 5.74) is 3.15. The van der Waals surface area contributed by atoms with E-state index in [1.807, 2.05) is 19.1 Å². The van der Waals surface area contributed by atoms with Crippen LogP contribution in [0, 0.1) is 6.92 Å². The number of carbonyl (C=O) groups excluding carboxylic acids is 3. The zero-order chi connectivity index (χ0) is 25.0. The van der Waals surface area contributed by atoms with E-state index in [9.17, 15) is 22.8 Å². The van der Waals surface area contributed by atoms with Gasteiger partial charge in [0.2, 0.25) is 0 Å². The normalized spacial score (nSPS) is 16.0. The molecule has 2 aromatic carbocycles. The number of hydrogen-bond acceptors (Lipinski definition) is 5. The Morgan fingerprint density at radius 3 is 2.46 bits per heavy atom. The molecule has 1 fully saturated rings. The Hall–Kier alpha value is -3.40. The molecule has 5 amide bonds. The molecule has 4 rings (SSSR count). The number of amides is 5. The standard InChI is InChI=1S/C25H30N4O5S/c1-17-7-10-19-16-29(23(30)22(19)15-17)25(32)26-14-13-18-8-11-21(12-9-18)35(33,34)28-24(31)27-20-5-3-2-4-6-20/h7-12,15,20H,2-6,13-14,16H2,1H3,(H,26,32)(H2,27,28,31). The molecule has 3 N–H and O–H groups in total. The summed E-state index contributed by atoms with van der Waals surface area (Å²) < 4.78 is 27.1. The van der Waals surface area contributed by atoms with Gasteiger partial charge in [0.1, 0.15) is 0 Å². The Morgan fingerprint density at radius 2 is 1.74 bits per heavy atom. The number of urea groups is 2. The molecule has 0 saturated heterocycles. The zero-order valence-electron chi connectivity index (χ0n) is 19.7. The number of nitrogens with one attached hydrogen (secondary N) is 3. The number of benzene rings is 2. The lowest BCUT2D eigenvalue weighted by Crippen LogP contribution is -2.45. The third-order valence-electron chi connectivity index (χ3n) is 6.41. The van der Waals surface area contributed by atoms with Crippen LogP contribution in [-0.2, 0) is 23.0 Å². The molecule has 35 heavy (non-hydrogen) atoms. The number of hydrogen-bond donors (Lipinski definition) is 3. The van der Waals surface area contributed by atoms with Gasteiger partial charge in [-0.2, -0.15) is 0 Å². The van der Waals surface area contributed by atoms with Crippen LogP contribution in [0.2, 0.25) is 0 Å². The molecule has 186 valence electrons. The summed E-state index contributed by atoms with van der Waals surface area (Å²) >= 11 is 0. The lowest BCUT2D eigenvalue weighted by molar-refractivity contribution is 0.0821. The lowest BCUT2D eigenvalue weighted by Gasteiger charge is -2.22. The fraction of sp³-hybridized carbons (Fsp3) is 0.400. The number of imide groups is 1. The minimum atomic E-state index is -3.98. The van der Waals surface area contributed by atoms with E-state index in [1.54, 1.807) is 18.2 Å². The number of carbonyl (C=O) groups is 3. The molecule has 0 unspecified atom stereocenters. The highest BCUT2D eigenvalue weighted by Gasteiger charge is 2.31. The smallest absolute Gasteiger partial charge is 0.328 e. The van der Waals surface area contributed by atoms with Crippen molar-refractivity contribution in [3.63, 3.8) is 0 Å². The molecule has 0 radical (unpaired) electrons. The van der Waals surface area contributed by atoms with Crippen molar-refractivity contribution in [1.82, 2.24) is 20.3 Å². The molecule has 1 saturated carbocycles. The highest BCUT2D eigenvalue weighted by molar-refractivity contribution is 7.90. The molecular formula is C25H30N4O5S. The topological polar surface area (TPSA) is 125 Å². The fourth-order valence-electron chi connectivity index (χ4n) is 4.47. The molecule has 10 heteroatoms. The quantitative estimate of drug-likeness (QED) is 0.564. The van der Waals surface area contributed by atoms with Crippen LogP contribution in [0.3, 0.4) is 0 Å². The Labute approximate surface area is 205 Å². The van der Waals surface area contributed by atoms with Crippen LogP contribution in [0.25, 0.3) is 0 Å². The van der Waals surface area contributed by atoms with E-state index in [1.165, 1.54) is 17.0 Å². The third-order valence-corrected chi connectivity index (χ3v) is 7.75. The van der Waals surface area contributed by atoms with E-state index < -0.39 is 22.1 Å². The summed E-state index contributed by atoms with van der Waals surface area (Å²) in [7, 11) is -3.98. The predicted molar refractivity (Wildman–Crippen MR) is 130 cm³/mol. The number of rotatable bonds is 6. The molecule has 2 aromatic rings. The summed E-state index contributed by atoms with van der Waals surface area (Å²) in [6, 6.07) is 10.5. The Kier molecular flexibility index (Phi) is 7.39. The number of fused-ring (bicyclic) bond motifs is 1. The van der Waals surface area contributed by atoms with Crippen molar-refractivity contribution in [2.75, 3.05) is 6.54 Å². The van der Waals surface area contributed by atoms with Crippen LogP contribution in [0.1, 0.15) is 59.2 Å². The first kappa shape index (κ1) is 24.7. The van der Waals surface area contributed by atoms with Crippen LogP contribution < -0.4 is 15.4 Å². The number of nitrogens with zero attached hydrogens (tertiary/aromatic N) is 1. The minimum absolute atomic E-state index is 0.00525. The van der Waals surface area contributed by atoms with Crippen LogP contribution in [0.4, 0.5) is 9.59 Å². The Morgan fingerprint density at radius 1 is 1.03 bits per heavy atom. The molecule has 0 aromatic heterocycles. The van der Waals surface area contributed by atoms with Gasteiger partial charge in [-0.3, -0.25) is 9.69 Å². The summed E-state index contributed by atoms with van der Waals surface area (Å²) in [5, 5.41) is 5.48. The number of sulfonamides is 1. The largest absolute Gasteiger partial charge is 0.337 e. The van der Waals surface area contributed by atoms with Crippen molar-refractivity contribution in [1.29, 1.82) is 0 Å². The highest BCUT2D eigenvalue weighted by atomic mass is 32.2. The van der Waals surface area contributed by atoms with Gasteiger partial charge in [-0.1, -0.05) is 49.1 Å². The maximum absolute atomic E-state index is 12.5. The highest BCUT2D eigenvalue weighted by Crippen LogP contribution is 2.23. The molecule has 0 spiro atoms. The second kappa shape index (κ2) is 10.5. The van der Waals surface area contributed by atoms with Gasteiger partial charge in [-0.25, -0.2) is 22.7 Å². The van der Waals surface area contributed by atoms with Crippen LogP contribution in [0.15, 0.2) is 47.4 Å². The van der Waals surface area contributed by atoms with Gasteiger partial charge in [0, 0.05) is 18.2 Å². The SMILES string of the molecule is Cc1ccc2c(c1)C(=O)N(C(=O)NCCc1ccc(S(=O)(=O)NC(=O)NC3CCCCC3)cc1)C2. The average Bonchev–Trinajstić information content (AvgIpc) is 3.15. The average molecular weight is 499 g/mol. The summed E-state index contributed by atoms with van der Waals surface area (Å²) in [6.07, 6.45) is 5.37. The lowest BCUT2D eigenvalue weighted by atomic mass is 9.96. The second-order valence-electron chi connectivity index (χ2n) is 9.09. The van der Waals surface area contributed by atoms with Gasteiger partial charge in [-0.15, -0.1) is 0 Å². The molecule has 1 aliphatic carbocycles. The van der Waals surface area contributed by atoms with Gasteiger partial charge >= 0.3 is 12.1 Å². The monoisotopic (exact) mass is 498 g/mol. The van der Waals surface area contributed by atoms with E-state index in [-0.39, 0.29) is 29.9 Å². The third kappa shape index (κ3) is 6.00.